The first-order valence-electron chi connectivity index (χ1n) is 11.2. The summed E-state index contributed by atoms with van der Waals surface area (Å²) in [7, 11) is 1.69. The van der Waals surface area contributed by atoms with Gasteiger partial charge in [0.1, 0.15) is 6.33 Å². The van der Waals surface area contributed by atoms with Crippen LogP contribution in [-0.2, 0) is 22.7 Å². The van der Waals surface area contributed by atoms with Gasteiger partial charge in [-0.05, 0) is 65.1 Å². The van der Waals surface area contributed by atoms with Crippen LogP contribution in [0.2, 0.25) is 0 Å². The molecule has 0 spiro atoms. The Morgan fingerprint density at radius 2 is 1.78 bits per heavy atom. The number of benzene rings is 1. The van der Waals surface area contributed by atoms with E-state index < -0.39 is 0 Å². The van der Waals surface area contributed by atoms with E-state index in [2.05, 4.69) is 42.5 Å². The first-order valence-corrected chi connectivity index (χ1v) is 11.2. The minimum absolute atomic E-state index is 0.555. The van der Waals surface area contributed by atoms with Crippen LogP contribution in [0.25, 0.3) is 5.69 Å². The highest BCUT2D eigenvalue weighted by atomic mass is 16.5. The molecular weight excluding hydrogens is 406 g/mol. The predicted molar refractivity (Wildman–Crippen MR) is 118 cm³/mol. The summed E-state index contributed by atoms with van der Waals surface area (Å²) in [4.78, 5) is 11.3. The fourth-order valence-electron chi connectivity index (χ4n) is 4.67. The van der Waals surface area contributed by atoms with Crippen molar-refractivity contribution < 1.29 is 9.47 Å². The smallest absolute Gasteiger partial charge is 0.225 e. The number of ether oxygens (including phenoxy) is 2. The molecule has 9 nitrogen and oxygen atoms in total. The third-order valence-electron chi connectivity index (χ3n) is 6.56. The van der Waals surface area contributed by atoms with Gasteiger partial charge in [0.2, 0.25) is 5.95 Å². The number of piperidine rings is 1. The van der Waals surface area contributed by atoms with Gasteiger partial charge in [-0.15, -0.1) is 5.10 Å². The van der Waals surface area contributed by atoms with Gasteiger partial charge < -0.3 is 14.4 Å². The molecule has 0 unspecified atom stereocenters. The lowest BCUT2D eigenvalue weighted by Gasteiger charge is -2.32. The maximum absolute atomic E-state index is 6.03. The van der Waals surface area contributed by atoms with E-state index in [1.165, 1.54) is 24.8 Å². The number of anilines is 1. The molecule has 32 heavy (non-hydrogen) atoms. The molecule has 0 amide bonds. The lowest BCUT2D eigenvalue weighted by molar-refractivity contribution is 0.104. The molecule has 1 aliphatic carbocycles. The first kappa shape index (κ1) is 21.0. The van der Waals surface area contributed by atoms with Crippen molar-refractivity contribution in [1.82, 2.24) is 30.2 Å². The summed E-state index contributed by atoms with van der Waals surface area (Å²) in [6, 6.07) is 8.16. The Morgan fingerprint density at radius 1 is 1.00 bits per heavy atom. The summed E-state index contributed by atoms with van der Waals surface area (Å²) >= 11 is 0. The maximum Gasteiger partial charge on any atom is 0.225 e. The molecule has 5 rings (SSSR count). The first-order chi connectivity index (χ1) is 15.8. The Bertz CT molecular complexity index is 971. The van der Waals surface area contributed by atoms with Crippen molar-refractivity contribution in [3.8, 4) is 5.69 Å². The van der Waals surface area contributed by atoms with Crippen molar-refractivity contribution in [2.75, 3.05) is 31.7 Å². The number of hydrogen-bond donors (Lipinski definition) is 0. The molecule has 2 atom stereocenters. The normalized spacial score (nSPS) is 21.1. The standard InChI is InChI=1S/C23H29N7O2/c1-31-13-18-11-24-23(25-12-18)29-8-6-19(7-9-29)22-10-20(22)15-32-14-17-2-4-21(5-3-17)30-16-26-27-28-30/h2-5,11-12,16,19-20,22H,6-10,13-15H2,1H3/t20-,22+/m0/s1. The second-order valence-electron chi connectivity index (χ2n) is 8.74. The van der Waals surface area contributed by atoms with E-state index in [-0.39, 0.29) is 0 Å². The van der Waals surface area contributed by atoms with Crippen LogP contribution in [0.15, 0.2) is 43.0 Å². The van der Waals surface area contributed by atoms with Crippen LogP contribution >= 0.6 is 0 Å². The Morgan fingerprint density at radius 3 is 2.47 bits per heavy atom. The average molecular weight is 436 g/mol. The zero-order valence-electron chi connectivity index (χ0n) is 18.4. The zero-order valence-corrected chi connectivity index (χ0v) is 18.4. The number of hydrogen-bond acceptors (Lipinski definition) is 8. The Labute approximate surface area is 187 Å². The van der Waals surface area contributed by atoms with Gasteiger partial charge in [-0.2, -0.15) is 0 Å². The Balaban J connectivity index is 1.02. The van der Waals surface area contributed by atoms with Crippen LogP contribution in [0.1, 0.15) is 30.4 Å². The summed E-state index contributed by atoms with van der Waals surface area (Å²) in [5, 5.41) is 11.2. The molecule has 1 aliphatic heterocycles. The highest BCUT2D eigenvalue weighted by molar-refractivity contribution is 5.33. The second kappa shape index (κ2) is 9.70. The van der Waals surface area contributed by atoms with E-state index in [0.29, 0.717) is 19.1 Å². The quantitative estimate of drug-likeness (QED) is 0.507. The molecule has 2 aromatic heterocycles. The number of methoxy groups -OCH3 is 1. The average Bonchev–Trinajstić information content (AvgIpc) is 3.39. The zero-order chi connectivity index (χ0) is 21.8. The van der Waals surface area contributed by atoms with E-state index >= 15 is 0 Å². The molecule has 3 heterocycles. The van der Waals surface area contributed by atoms with Crippen molar-refractivity contribution in [3.63, 3.8) is 0 Å². The fourth-order valence-corrected chi connectivity index (χ4v) is 4.67. The maximum atomic E-state index is 6.03. The molecule has 1 saturated heterocycles. The van der Waals surface area contributed by atoms with E-state index in [4.69, 9.17) is 9.47 Å². The summed E-state index contributed by atoms with van der Waals surface area (Å²) in [5.41, 5.74) is 3.13. The molecule has 0 radical (unpaired) electrons. The topological polar surface area (TPSA) is 91.1 Å². The lowest BCUT2D eigenvalue weighted by atomic mass is 9.91. The molecule has 1 saturated carbocycles. The molecule has 2 fully saturated rings. The van der Waals surface area contributed by atoms with E-state index in [9.17, 15) is 0 Å². The third kappa shape index (κ3) is 4.94. The van der Waals surface area contributed by atoms with E-state index in [1.54, 1.807) is 18.1 Å². The minimum atomic E-state index is 0.555. The van der Waals surface area contributed by atoms with E-state index in [0.717, 1.165) is 48.7 Å². The van der Waals surface area contributed by atoms with Gasteiger partial charge in [0, 0.05) is 38.2 Å². The van der Waals surface area contributed by atoms with Crippen molar-refractivity contribution in [3.05, 3.63) is 54.1 Å². The van der Waals surface area contributed by atoms with Crippen LogP contribution in [0.3, 0.4) is 0 Å². The van der Waals surface area contributed by atoms with Crippen molar-refractivity contribution >= 4 is 5.95 Å². The molecule has 2 aliphatic rings. The highest BCUT2D eigenvalue weighted by Gasteiger charge is 2.43. The molecule has 168 valence electrons. The van der Waals surface area contributed by atoms with Gasteiger partial charge in [-0.25, -0.2) is 14.6 Å². The van der Waals surface area contributed by atoms with Crippen LogP contribution in [0.4, 0.5) is 5.95 Å². The summed E-state index contributed by atoms with van der Waals surface area (Å²) < 4.78 is 12.8. The van der Waals surface area contributed by atoms with Crippen molar-refractivity contribution in [2.45, 2.75) is 32.5 Å². The van der Waals surface area contributed by atoms with Gasteiger partial charge in [-0.1, -0.05) is 12.1 Å². The number of aromatic nitrogens is 6. The van der Waals surface area contributed by atoms with Gasteiger partial charge in [0.05, 0.1) is 25.5 Å². The molecule has 3 aromatic rings. The van der Waals surface area contributed by atoms with Crippen LogP contribution in [0.5, 0.6) is 0 Å². The van der Waals surface area contributed by atoms with E-state index in [1.807, 2.05) is 24.5 Å². The number of rotatable bonds is 9. The predicted octanol–water partition coefficient (Wildman–Crippen LogP) is 2.67. The van der Waals surface area contributed by atoms with Gasteiger partial charge in [-0.3, -0.25) is 0 Å². The highest BCUT2D eigenvalue weighted by Crippen LogP contribution is 2.48. The fraction of sp³-hybridized carbons (Fsp3) is 0.522. The van der Waals surface area contributed by atoms with Crippen LogP contribution < -0.4 is 4.90 Å². The van der Waals surface area contributed by atoms with Crippen molar-refractivity contribution in [2.24, 2.45) is 17.8 Å². The number of nitrogens with zero attached hydrogens (tertiary/aromatic N) is 7. The molecular formula is C23H29N7O2. The van der Waals surface area contributed by atoms with Crippen molar-refractivity contribution in [1.29, 1.82) is 0 Å². The SMILES string of the molecule is COCc1cnc(N2CCC([C@H]3C[C@H]3COCc3ccc(-n4cnnn4)cc3)CC2)nc1. The van der Waals surface area contributed by atoms with Gasteiger partial charge >= 0.3 is 0 Å². The largest absolute Gasteiger partial charge is 0.380 e. The summed E-state index contributed by atoms with van der Waals surface area (Å²) in [6.07, 6.45) is 9.04. The summed E-state index contributed by atoms with van der Waals surface area (Å²) in [6.45, 7) is 4.12. The Hall–Kier alpha value is -2.91. The van der Waals surface area contributed by atoms with Gasteiger partial charge in [0.25, 0.3) is 0 Å². The molecule has 0 bridgehead atoms. The van der Waals surface area contributed by atoms with Crippen LogP contribution in [0, 0.1) is 17.8 Å². The monoisotopic (exact) mass is 435 g/mol. The summed E-state index contributed by atoms with van der Waals surface area (Å²) in [5.74, 6) is 3.15. The lowest BCUT2D eigenvalue weighted by Crippen LogP contribution is -2.35. The molecule has 9 heteroatoms. The second-order valence-corrected chi connectivity index (χ2v) is 8.74. The minimum Gasteiger partial charge on any atom is -0.380 e. The van der Waals surface area contributed by atoms with Crippen LogP contribution in [-0.4, -0.2) is 57.0 Å². The molecule has 1 aromatic carbocycles. The Kier molecular flexibility index (Phi) is 6.36. The van der Waals surface area contributed by atoms with Gasteiger partial charge in [0.15, 0.2) is 0 Å². The molecule has 0 N–H and O–H groups in total. The number of tetrazole rings is 1. The third-order valence-corrected chi connectivity index (χ3v) is 6.56.